The molecular formula is CH2NO2P. The van der Waals surface area contributed by atoms with Gasteiger partial charge in [-0.05, 0) is 0 Å². The van der Waals surface area contributed by atoms with Gasteiger partial charge in [-0.3, -0.25) is 0 Å². The van der Waals surface area contributed by atoms with Gasteiger partial charge >= 0.3 is 7.83 Å². The molecule has 0 amide bonds. The Morgan fingerprint density at radius 2 is 1.80 bits per heavy atom. The average Bonchev–Trinajstić information content (AvgIpc) is 1.38. The third-order valence-corrected chi connectivity index (χ3v) is 0.346. The topological polar surface area (TPSA) is 46.5 Å². The quantitative estimate of drug-likeness (QED) is 0.353. The van der Waals surface area contributed by atoms with Gasteiger partial charge in [-0.1, -0.05) is 0 Å². The van der Waals surface area contributed by atoms with Crippen LogP contribution < -0.4 is 0 Å². The third-order valence-electron chi connectivity index (χ3n) is 0.115. The molecule has 0 aromatic rings. The molecule has 0 aromatic carbocycles. The van der Waals surface area contributed by atoms with Crippen LogP contribution in [0.2, 0.25) is 0 Å². The highest BCUT2D eigenvalue weighted by Gasteiger charge is 1.64. The summed E-state index contributed by atoms with van der Waals surface area (Å²) >= 11 is 0. The molecule has 0 saturated heterocycles. The molecule has 0 unspecified atom stereocenters. The molecule has 0 N–H and O–H groups in total. The first kappa shape index (κ1) is 4.57. The summed E-state index contributed by atoms with van der Waals surface area (Å²) in [7, 11) is -2.58. The molecule has 28 valence electrons. The smallest absolute Gasteiger partial charge is 0.210 e. The summed E-state index contributed by atoms with van der Waals surface area (Å²) in [5.74, 6) is 0. The van der Waals surface area contributed by atoms with Crippen LogP contribution in [0.1, 0.15) is 0 Å². The molecule has 0 fully saturated rings. The Balaban J connectivity index is 3.69. The normalized spacial score (nSPS) is 6.40. The molecule has 0 aliphatic heterocycles. The summed E-state index contributed by atoms with van der Waals surface area (Å²) in [6.07, 6.45) is 0. The second-order valence-electron chi connectivity index (χ2n) is 0.379. The third kappa shape index (κ3) is 3.57. The number of nitrogens with zero attached hydrogens (tertiary/aromatic N) is 1. The maximum atomic E-state index is 9.18. The van der Waals surface area contributed by atoms with Crippen molar-refractivity contribution in [2.24, 2.45) is 4.76 Å². The molecule has 0 spiro atoms. The molecule has 0 aliphatic carbocycles. The molecule has 0 radical (unpaired) electrons. The Kier molecular flexibility index (Phi) is 1.69. The predicted molar refractivity (Wildman–Crippen MR) is 17.8 cm³/mol. The van der Waals surface area contributed by atoms with Crippen molar-refractivity contribution in [3.05, 3.63) is 0 Å². The zero-order chi connectivity index (χ0) is 4.28. The fourth-order valence-electron chi connectivity index (χ4n) is 0. The summed E-state index contributed by atoms with van der Waals surface area (Å²) in [6, 6.07) is 0. The van der Waals surface area contributed by atoms with Gasteiger partial charge in [0.15, 0.2) is 0 Å². The fourth-order valence-corrected chi connectivity index (χ4v) is 0. The van der Waals surface area contributed by atoms with Crippen molar-refractivity contribution in [3.8, 4) is 0 Å². The van der Waals surface area contributed by atoms with Gasteiger partial charge < -0.3 is 0 Å². The maximum absolute atomic E-state index is 9.18. The first-order valence-electron chi connectivity index (χ1n) is 0.881. The van der Waals surface area contributed by atoms with E-state index in [0.717, 1.165) is 0 Å². The van der Waals surface area contributed by atoms with E-state index in [1.54, 1.807) is 0 Å². The van der Waals surface area contributed by atoms with Crippen molar-refractivity contribution in [2.75, 3.05) is 0 Å². The highest BCUT2D eigenvalue weighted by Crippen LogP contribution is 1.98. The SMILES string of the molecule is C=NP(=O)=O. The minimum Gasteiger partial charge on any atom is -0.210 e. The standard InChI is InChI=1S/CH2NO2P/c1-2-5(3)4/h1H2. The lowest BCUT2D eigenvalue weighted by molar-refractivity contribution is 0.517. The Bertz CT molecular complexity index is 85.8. The van der Waals surface area contributed by atoms with Crippen molar-refractivity contribution in [3.63, 3.8) is 0 Å². The highest BCUT2D eigenvalue weighted by atomic mass is 31.1. The summed E-state index contributed by atoms with van der Waals surface area (Å²) < 4.78 is 20.9. The van der Waals surface area contributed by atoms with Crippen molar-refractivity contribution in [1.29, 1.82) is 0 Å². The van der Waals surface area contributed by atoms with Crippen molar-refractivity contribution in [1.82, 2.24) is 0 Å². The minimum absolute atomic E-state index is 2.58. The molecule has 3 nitrogen and oxygen atoms in total. The number of hydrogen-bond donors (Lipinski definition) is 0. The molecule has 0 bridgehead atoms. The van der Waals surface area contributed by atoms with Crippen LogP contribution in [0.5, 0.6) is 0 Å². The van der Waals surface area contributed by atoms with Gasteiger partial charge in [0.1, 0.15) is 0 Å². The monoisotopic (exact) mass is 91.0 g/mol. The Morgan fingerprint density at radius 1 is 1.60 bits per heavy atom. The summed E-state index contributed by atoms with van der Waals surface area (Å²) in [4.78, 5) is 0. The zero-order valence-electron chi connectivity index (χ0n) is 2.42. The van der Waals surface area contributed by atoms with E-state index in [1.807, 2.05) is 0 Å². The Morgan fingerprint density at radius 3 is 1.80 bits per heavy atom. The van der Waals surface area contributed by atoms with Crippen molar-refractivity contribution < 1.29 is 9.13 Å². The van der Waals surface area contributed by atoms with Crippen LogP contribution in [-0.2, 0) is 9.13 Å². The van der Waals surface area contributed by atoms with E-state index in [1.165, 1.54) is 0 Å². The summed E-state index contributed by atoms with van der Waals surface area (Å²) in [6.45, 7) is 2.71. The van der Waals surface area contributed by atoms with Crippen LogP contribution in [0.25, 0.3) is 0 Å². The predicted octanol–water partition coefficient (Wildman–Crippen LogP) is 0.775. The van der Waals surface area contributed by atoms with Gasteiger partial charge in [-0.25, -0.2) is 9.13 Å². The molecule has 5 heavy (non-hydrogen) atoms. The van der Waals surface area contributed by atoms with Gasteiger partial charge in [0.05, 0.1) is 0 Å². The fraction of sp³-hybridized carbons (Fsp3) is 0. The lowest BCUT2D eigenvalue weighted by Gasteiger charge is -1.45. The minimum atomic E-state index is -2.58. The van der Waals surface area contributed by atoms with Crippen LogP contribution in [0.4, 0.5) is 0 Å². The number of hydrogen-bond acceptors (Lipinski definition) is 2. The lowest BCUT2D eigenvalue weighted by atomic mass is 11.8. The number of rotatable bonds is 1. The molecule has 0 rings (SSSR count). The van der Waals surface area contributed by atoms with E-state index < -0.39 is 7.83 Å². The van der Waals surface area contributed by atoms with E-state index in [0.29, 0.717) is 0 Å². The summed E-state index contributed by atoms with van der Waals surface area (Å²) in [5.41, 5.74) is 0. The van der Waals surface area contributed by atoms with Crippen LogP contribution in [0.15, 0.2) is 4.76 Å². The highest BCUT2D eigenvalue weighted by molar-refractivity contribution is 7.29. The van der Waals surface area contributed by atoms with Crippen LogP contribution >= 0.6 is 7.83 Å². The molecular weight excluding hydrogens is 89.0 g/mol. The Labute approximate surface area is 29.6 Å². The zero-order valence-corrected chi connectivity index (χ0v) is 3.31. The van der Waals surface area contributed by atoms with Gasteiger partial charge in [0.2, 0.25) is 0 Å². The average molecular weight is 91.0 g/mol. The van der Waals surface area contributed by atoms with E-state index in [4.69, 9.17) is 0 Å². The molecule has 0 heterocycles. The van der Waals surface area contributed by atoms with Crippen molar-refractivity contribution in [2.45, 2.75) is 0 Å². The first-order valence-corrected chi connectivity index (χ1v) is 2.01. The van der Waals surface area contributed by atoms with E-state index in [-0.39, 0.29) is 0 Å². The van der Waals surface area contributed by atoms with E-state index >= 15 is 0 Å². The molecule has 4 heteroatoms. The second kappa shape index (κ2) is 1.85. The van der Waals surface area contributed by atoms with Crippen molar-refractivity contribution >= 4 is 14.5 Å². The molecule has 0 aromatic heterocycles. The van der Waals surface area contributed by atoms with Crippen LogP contribution in [0, 0.1) is 0 Å². The lowest BCUT2D eigenvalue weighted by Crippen LogP contribution is -1.21. The van der Waals surface area contributed by atoms with E-state index in [9.17, 15) is 9.13 Å². The molecule has 0 aliphatic rings. The van der Waals surface area contributed by atoms with E-state index in [2.05, 4.69) is 11.5 Å². The van der Waals surface area contributed by atoms with Gasteiger partial charge in [0.25, 0.3) is 0 Å². The van der Waals surface area contributed by atoms with Crippen LogP contribution in [-0.4, -0.2) is 6.72 Å². The largest absolute Gasteiger partial charge is 0.445 e. The van der Waals surface area contributed by atoms with Crippen LogP contribution in [0.3, 0.4) is 0 Å². The molecule has 0 saturated carbocycles. The molecule has 0 atom stereocenters. The van der Waals surface area contributed by atoms with Gasteiger partial charge in [-0.15, -0.1) is 0 Å². The first-order chi connectivity index (χ1) is 2.27. The van der Waals surface area contributed by atoms with Gasteiger partial charge in [0, 0.05) is 6.72 Å². The second-order valence-corrected chi connectivity index (χ2v) is 1.14. The summed E-state index contributed by atoms with van der Waals surface area (Å²) in [5, 5.41) is 0. The Hall–Kier alpha value is -0.430. The maximum Gasteiger partial charge on any atom is 0.445 e. The van der Waals surface area contributed by atoms with Gasteiger partial charge in [-0.2, -0.15) is 4.76 Å².